The summed E-state index contributed by atoms with van der Waals surface area (Å²) in [5.41, 5.74) is 2.60. The Labute approximate surface area is 164 Å². The number of H-pyrrole nitrogens is 1. The first-order chi connectivity index (χ1) is 13.2. The number of methoxy groups -OCH3 is 1. The molecule has 150 valence electrons. The Morgan fingerprint density at radius 3 is 2.50 bits per heavy atom. The molecule has 0 bridgehead atoms. The monoisotopic (exact) mass is 387 g/mol. The molecular weight excluding hydrogens is 362 g/mol. The lowest BCUT2D eigenvalue weighted by Crippen LogP contribution is -2.26. The highest BCUT2D eigenvalue weighted by atomic mass is 16.5. The Morgan fingerprint density at radius 2 is 1.86 bits per heavy atom. The summed E-state index contributed by atoms with van der Waals surface area (Å²) in [5, 5.41) is 0. The zero-order chi connectivity index (χ0) is 20.8. The molecule has 0 aliphatic rings. The van der Waals surface area contributed by atoms with Gasteiger partial charge < -0.3 is 19.2 Å². The Balaban J connectivity index is 1.93. The van der Waals surface area contributed by atoms with Crippen LogP contribution in [0.4, 0.5) is 0 Å². The van der Waals surface area contributed by atoms with Gasteiger partial charge in [-0.1, -0.05) is 12.1 Å². The summed E-state index contributed by atoms with van der Waals surface area (Å²) >= 11 is 0. The third-order valence-electron chi connectivity index (χ3n) is 4.32. The maximum absolute atomic E-state index is 12.6. The van der Waals surface area contributed by atoms with Gasteiger partial charge in [-0.25, -0.2) is 4.79 Å². The SMILES string of the molecule is COC(=O)c1c(C)[nH]c(C(=O)[C@H](C)OC(=O)CCOc2cccc(C)c2)c1C. The van der Waals surface area contributed by atoms with Crippen LogP contribution in [0.25, 0.3) is 0 Å². The summed E-state index contributed by atoms with van der Waals surface area (Å²) in [6.45, 7) is 6.91. The van der Waals surface area contributed by atoms with Crippen molar-refractivity contribution in [3.05, 3.63) is 52.3 Å². The van der Waals surface area contributed by atoms with E-state index in [1.807, 2.05) is 25.1 Å². The lowest BCUT2D eigenvalue weighted by Gasteiger charge is -2.13. The number of Topliss-reactive ketones (excluding diaryl/α,β-unsaturated/α-hetero) is 1. The van der Waals surface area contributed by atoms with Gasteiger partial charge in [-0.2, -0.15) is 0 Å². The minimum absolute atomic E-state index is 0.0156. The van der Waals surface area contributed by atoms with E-state index in [1.54, 1.807) is 19.9 Å². The highest BCUT2D eigenvalue weighted by Gasteiger charge is 2.27. The third kappa shape index (κ3) is 5.00. The van der Waals surface area contributed by atoms with Gasteiger partial charge in [-0.05, 0) is 51.0 Å². The Hall–Kier alpha value is -3.09. The maximum Gasteiger partial charge on any atom is 0.339 e. The fourth-order valence-corrected chi connectivity index (χ4v) is 2.87. The van der Waals surface area contributed by atoms with E-state index in [1.165, 1.54) is 14.0 Å². The van der Waals surface area contributed by atoms with E-state index < -0.39 is 23.8 Å². The largest absolute Gasteiger partial charge is 0.493 e. The van der Waals surface area contributed by atoms with Crippen LogP contribution in [0.1, 0.15) is 51.0 Å². The van der Waals surface area contributed by atoms with Gasteiger partial charge in [0.1, 0.15) is 5.75 Å². The normalized spacial score (nSPS) is 11.6. The minimum atomic E-state index is -0.992. The van der Waals surface area contributed by atoms with Gasteiger partial charge >= 0.3 is 11.9 Å². The number of rotatable bonds is 8. The van der Waals surface area contributed by atoms with Gasteiger partial charge in [-0.3, -0.25) is 9.59 Å². The number of hydrogen-bond donors (Lipinski definition) is 1. The van der Waals surface area contributed by atoms with Gasteiger partial charge in [0.2, 0.25) is 5.78 Å². The van der Waals surface area contributed by atoms with Crippen LogP contribution < -0.4 is 4.74 Å². The van der Waals surface area contributed by atoms with Crippen LogP contribution in [-0.4, -0.2) is 42.5 Å². The molecule has 0 radical (unpaired) electrons. The number of aryl methyl sites for hydroxylation is 2. The molecule has 7 nitrogen and oxygen atoms in total. The predicted octanol–water partition coefficient (Wildman–Crippen LogP) is 3.31. The molecule has 7 heteroatoms. The Morgan fingerprint density at radius 1 is 1.14 bits per heavy atom. The number of ketones is 1. The average molecular weight is 387 g/mol. The summed E-state index contributed by atoms with van der Waals surface area (Å²) in [7, 11) is 1.28. The summed E-state index contributed by atoms with van der Waals surface area (Å²) in [6, 6.07) is 7.49. The molecule has 2 aromatic rings. The summed E-state index contributed by atoms with van der Waals surface area (Å²) in [6.07, 6.45) is -0.976. The molecule has 0 amide bonds. The molecule has 0 aliphatic carbocycles. The van der Waals surface area contributed by atoms with Crippen molar-refractivity contribution in [2.24, 2.45) is 0 Å². The minimum Gasteiger partial charge on any atom is -0.493 e. The molecule has 0 saturated carbocycles. The van der Waals surface area contributed by atoms with Gasteiger partial charge in [0.05, 0.1) is 31.4 Å². The van der Waals surface area contributed by atoms with Crippen LogP contribution in [0.3, 0.4) is 0 Å². The van der Waals surface area contributed by atoms with E-state index in [0.29, 0.717) is 22.6 Å². The van der Waals surface area contributed by atoms with Crippen LogP contribution in [0, 0.1) is 20.8 Å². The number of benzene rings is 1. The van der Waals surface area contributed by atoms with E-state index in [2.05, 4.69) is 4.98 Å². The number of aromatic amines is 1. The fourth-order valence-electron chi connectivity index (χ4n) is 2.87. The molecule has 1 atom stereocenters. The van der Waals surface area contributed by atoms with E-state index in [4.69, 9.17) is 14.2 Å². The quantitative estimate of drug-likeness (QED) is 0.552. The Kier molecular flexibility index (Phi) is 6.98. The number of carbonyl (C=O) groups excluding carboxylic acids is 3. The molecule has 28 heavy (non-hydrogen) atoms. The molecule has 1 heterocycles. The first-order valence-electron chi connectivity index (χ1n) is 8.95. The van der Waals surface area contributed by atoms with E-state index in [-0.39, 0.29) is 18.7 Å². The van der Waals surface area contributed by atoms with Crippen molar-refractivity contribution < 1.29 is 28.6 Å². The van der Waals surface area contributed by atoms with Crippen LogP contribution in [0.2, 0.25) is 0 Å². The highest BCUT2D eigenvalue weighted by molar-refractivity contribution is 6.03. The maximum atomic E-state index is 12.6. The van der Waals surface area contributed by atoms with Gasteiger partial charge in [0.25, 0.3) is 0 Å². The molecule has 0 aliphatic heterocycles. The zero-order valence-corrected chi connectivity index (χ0v) is 16.8. The van der Waals surface area contributed by atoms with Crippen LogP contribution >= 0.6 is 0 Å². The molecule has 0 saturated heterocycles. The number of esters is 2. The van der Waals surface area contributed by atoms with Crippen LogP contribution in [-0.2, 0) is 14.3 Å². The van der Waals surface area contributed by atoms with E-state index in [0.717, 1.165) is 5.56 Å². The fraction of sp³-hybridized carbons (Fsp3) is 0.381. The van der Waals surface area contributed by atoms with Crippen molar-refractivity contribution in [1.29, 1.82) is 0 Å². The summed E-state index contributed by atoms with van der Waals surface area (Å²) in [4.78, 5) is 39.4. The van der Waals surface area contributed by atoms with Crippen LogP contribution in [0.15, 0.2) is 24.3 Å². The van der Waals surface area contributed by atoms with Gasteiger partial charge in [0.15, 0.2) is 6.10 Å². The van der Waals surface area contributed by atoms with Crippen molar-refractivity contribution in [2.75, 3.05) is 13.7 Å². The Bertz CT molecular complexity index is 883. The first-order valence-corrected chi connectivity index (χ1v) is 8.95. The third-order valence-corrected chi connectivity index (χ3v) is 4.32. The summed E-state index contributed by atoms with van der Waals surface area (Å²) < 4.78 is 15.5. The number of hydrogen-bond acceptors (Lipinski definition) is 6. The molecule has 0 spiro atoms. The topological polar surface area (TPSA) is 94.7 Å². The molecule has 2 rings (SSSR count). The lowest BCUT2D eigenvalue weighted by molar-refractivity contribution is -0.146. The second kappa shape index (κ2) is 9.21. The van der Waals surface area contributed by atoms with Crippen molar-refractivity contribution in [3.8, 4) is 5.75 Å². The van der Waals surface area contributed by atoms with Crippen LogP contribution in [0.5, 0.6) is 5.75 Å². The van der Waals surface area contributed by atoms with Crippen molar-refractivity contribution >= 4 is 17.7 Å². The standard InChI is InChI=1S/C21H25NO6/c1-12-7-6-8-16(11-12)27-10-9-17(23)28-15(4)20(24)19-13(2)18(14(3)22-19)21(25)26-5/h6-8,11,15,22H,9-10H2,1-5H3/t15-/m0/s1. The van der Waals surface area contributed by atoms with Gasteiger partial charge in [-0.15, -0.1) is 0 Å². The average Bonchev–Trinajstić information content (AvgIpc) is 2.94. The number of ether oxygens (including phenoxy) is 3. The van der Waals surface area contributed by atoms with Crippen molar-refractivity contribution in [2.45, 2.75) is 40.2 Å². The molecule has 0 fully saturated rings. The molecule has 0 unspecified atom stereocenters. The predicted molar refractivity (Wildman–Crippen MR) is 103 cm³/mol. The van der Waals surface area contributed by atoms with Crippen molar-refractivity contribution in [3.63, 3.8) is 0 Å². The first kappa shape index (κ1) is 21.2. The highest BCUT2D eigenvalue weighted by Crippen LogP contribution is 2.21. The molecule has 1 aromatic carbocycles. The second-order valence-electron chi connectivity index (χ2n) is 6.53. The molecule has 1 N–H and O–H groups in total. The lowest BCUT2D eigenvalue weighted by atomic mass is 10.1. The van der Waals surface area contributed by atoms with E-state index >= 15 is 0 Å². The number of nitrogens with one attached hydrogen (secondary N) is 1. The molecule has 1 aromatic heterocycles. The summed E-state index contributed by atoms with van der Waals surface area (Å²) in [5.74, 6) is -0.806. The van der Waals surface area contributed by atoms with Gasteiger partial charge in [0, 0.05) is 5.69 Å². The second-order valence-corrected chi connectivity index (χ2v) is 6.53. The number of carbonyl (C=O) groups is 3. The smallest absolute Gasteiger partial charge is 0.339 e. The van der Waals surface area contributed by atoms with E-state index in [9.17, 15) is 14.4 Å². The number of aromatic nitrogens is 1. The molecular formula is C21H25NO6. The van der Waals surface area contributed by atoms with Crippen molar-refractivity contribution in [1.82, 2.24) is 4.98 Å². The zero-order valence-electron chi connectivity index (χ0n) is 16.8.